The van der Waals surface area contributed by atoms with Crippen molar-refractivity contribution in [3.63, 3.8) is 0 Å². The van der Waals surface area contributed by atoms with E-state index in [0.717, 1.165) is 5.69 Å². The lowest BCUT2D eigenvalue weighted by Gasteiger charge is -2.09. The van der Waals surface area contributed by atoms with Crippen molar-refractivity contribution in [2.75, 3.05) is 10.6 Å². The number of nitrogens with zero attached hydrogens (tertiary/aromatic N) is 1. The number of rotatable bonds is 6. The van der Waals surface area contributed by atoms with Crippen molar-refractivity contribution < 1.29 is 9.59 Å². The maximum Gasteiger partial charge on any atom is 0.224 e. The molecule has 0 saturated heterocycles. The summed E-state index contributed by atoms with van der Waals surface area (Å²) in [6, 6.07) is 10.8. The van der Waals surface area contributed by atoms with E-state index < -0.39 is 0 Å². The number of hydrogen-bond donors (Lipinski definition) is 2. The van der Waals surface area contributed by atoms with Gasteiger partial charge in [-0.25, -0.2) is 4.98 Å². The molecule has 2 rings (SSSR count). The molecule has 23 heavy (non-hydrogen) atoms. The molecule has 0 fully saturated rings. The van der Waals surface area contributed by atoms with Gasteiger partial charge < -0.3 is 10.6 Å². The van der Waals surface area contributed by atoms with Gasteiger partial charge in [0.2, 0.25) is 5.91 Å². The number of hydrogen-bond acceptors (Lipinski definition) is 4. The van der Waals surface area contributed by atoms with Crippen LogP contribution >= 0.6 is 0 Å². The third-order valence-electron chi connectivity index (χ3n) is 3.18. The zero-order chi connectivity index (χ0) is 16.8. The van der Waals surface area contributed by atoms with Crippen LogP contribution in [0.2, 0.25) is 0 Å². The van der Waals surface area contributed by atoms with E-state index in [0.29, 0.717) is 29.4 Å². The van der Waals surface area contributed by atoms with Crippen LogP contribution in [-0.4, -0.2) is 16.7 Å². The Morgan fingerprint density at radius 2 is 1.91 bits per heavy atom. The number of carbonyl (C=O) groups excluding carboxylic acids is 2. The van der Waals surface area contributed by atoms with E-state index in [-0.39, 0.29) is 11.7 Å². The Labute approximate surface area is 136 Å². The summed E-state index contributed by atoms with van der Waals surface area (Å²) in [5.41, 5.74) is 2.10. The second-order valence-corrected chi connectivity index (χ2v) is 5.84. The molecular formula is C18H21N3O2. The summed E-state index contributed by atoms with van der Waals surface area (Å²) >= 11 is 0. The summed E-state index contributed by atoms with van der Waals surface area (Å²) in [5, 5.41) is 5.95. The number of Topliss-reactive ketones (excluding diaryl/α,β-unsaturated/α-hetero) is 1. The highest BCUT2D eigenvalue weighted by atomic mass is 16.1. The fraction of sp³-hybridized carbons (Fsp3) is 0.278. The van der Waals surface area contributed by atoms with E-state index in [1.807, 2.05) is 26.0 Å². The molecule has 0 aliphatic heterocycles. The lowest BCUT2D eigenvalue weighted by atomic mass is 10.1. The number of aromatic nitrogens is 1. The molecule has 1 aromatic carbocycles. The minimum atomic E-state index is -0.0170. The number of ketones is 1. The average molecular weight is 311 g/mol. The minimum Gasteiger partial charge on any atom is -0.340 e. The van der Waals surface area contributed by atoms with Crippen molar-refractivity contribution in [3.05, 3.63) is 48.2 Å². The Bertz CT molecular complexity index is 694. The van der Waals surface area contributed by atoms with Gasteiger partial charge in [0.05, 0.1) is 11.9 Å². The second-order valence-electron chi connectivity index (χ2n) is 5.84. The lowest BCUT2D eigenvalue weighted by Crippen LogP contribution is -2.13. The van der Waals surface area contributed by atoms with Gasteiger partial charge in [0, 0.05) is 17.7 Å². The summed E-state index contributed by atoms with van der Waals surface area (Å²) in [7, 11) is 0. The summed E-state index contributed by atoms with van der Waals surface area (Å²) in [5.74, 6) is 0.964. The number of amides is 1. The highest BCUT2D eigenvalue weighted by Crippen LogP contribution is 2.18. The van der Waals surface area contributed by atoms with Crippen molar-refractivity contribution in [3.8, 4) is 0 Å². The zero-order valence-electron chi connectivity index (χ0n) is 13.6. The van der Waals surface area contributed by atoms with Crippen molar-refractivity contribution in [2.45, 2.75) is 27.2 Å². The monoisotopic (exact) mass is 311 g/mol. The molecule has 1 amide bonds. The summed E-state index contributed by atoms with van der Waals surface area (Å²) in [4.78, 5) is 27.4. The molecule has 0 radical (unpaired) electrons. The third kappa shape index (κ3) is 5.21. The van der Waals surface area contributed by atoms with Crippen molar-refractivity contribution in [1.82, 2.24) is 4.98 Å². The summed E-state index contributed by atoms with van der Waals surface area (Å²) in [6.07, 6.45) is 2.09. The van der Waals surface area contributed by atoms with Gasteiger partial charge >= 0.3 is 0 Å². The Hall–Kier alpha value is -2.69. The largest absolute Gasteiger partial charge is 0.340 e. The predicted octanol–water partition coefficient (Wildman–Crippen LogP) is 4.01. The van der Waals surface area contributed by atoms with Crippen LogP contribution in [0, 0.1) is 5.92 Å². The first-order valence-corrected chi connectivity index (χ1v) is 7.58. The fourth-order valence-corrected chi connectivity index (χ4v) is 2.09. The first-order chi connectivity index (χ1) is 10.9. The topological polar surface area (TPSA) is 71.1 Å². The van der Waals surface area contributed by atoms with Crippen LogP contribution in [-0.2, 0) is 4.79 Å². The predicted molar refractivity (Wildman–Crippen MR) is 92.1 cm³/mol. The first-order valence-electron chi connectivity index (χ1n) is 7.58. The van der Waals surface area contributed by atoms with Crippen LogP contribution in [0.4, 0.5) is 17.2 Å². The zero-order valence-corrected chi connectivity index (χ0v) is 13.6. The molecule has 0 aliphatic rings. The Balaban J connectivity index is 2.01. The van der Waals surface area contributed by atoms with Crippen LogP contribution in [0.5, 0.6) is 0 Å². The number of pyridine rings is 1. The summed E-state index contributed by atoms with van der Waals surface area (Å²) < 4.78 is 0. The molecule has 0 unspecified atom stereocenters. The molecule has 0 bridgehead atoms. The van der Waals surface area contributed by atoms with Gasteiger partial charge in [0.25, 0.3) is 0 Å². The van der Waals surface area contributed by atoms with E-state index >= 15 is 0 Å². The Morgan fingerprint density at radius 3 is 2.52 bits per heavy atom. The Morgan fingerprint density at radius 1 is 1.13 bits per heavy atom. The first kappa shape index (κ1) is 16.7. The Kier molecular flexibility index (Phi) is 5.46. The third-order valence-corrected chi connectivity index (χ3v) is 3.18. The lowest BCUT2D eigenvalue weighted by molar-refractivity contribution is -0.116. The van der Waals surface area contributed by atoms with Gasteiger partial charge in [-0.05, 0) is 37.1 Å². The van der Waals surface area contributed by atoms with E-state index in [4.69, 9.17) is 0 Å². The van der Waals surface area contributed by atoms with E-state index in [1.54, 1.807) is 30.5 Å². The maximum absolute atomic E-state index is 11.7. The van der Waals surface area contributed by atoms with Crippen LogP contribution in [0.1, 0.15) is 37.6 Å². The van der Waals surface area contributed by atoms with Gasteiger partial charge in [0.15, 0.2) is 5.78 Å². The standard InChI is InChI=1S/C18H21N3O2/c1-12(2)9-18(23)21-16-7-8-17(19-11-16)20-15-6-4-5-14(10-15)13(3)22/h4-8,10-12H,9H2,1-3H3,(H,19,20)(H,21,23). The quantitative estimate of drug-likeness (QED) is 0.791. The van der Waals surface area contributed by atoms with Crippen LogP contribution < -0.4 is 10.6 Å². The highest BCUT2D eigenvalue weighted by Gasteiger charge is 2.06. The number of carbonyl (C=O) groups is 2. The molecule has 0 saturated carbocycles. The normalized spacial score (nSPS) is 10.4. The van der Waals surface area contributed by atoms with Crippen LogP contribution in [0.25, 0.3) is 0 Å². The number of nitrogens with one attached hydrogen (secondary N) is 2. The SMILES string of the molecule is CC(=O)c1cccc(Nc2ccc(NC(=O)CC(C)C)cn2)c1. The van der Waals surface area contributed by atoms with Gasteiger partial charge in [-0.2, -0.15) is 0 Å². The number of anilines is 3. The number of benzene rings is 1. The molecule has 2 N–H and O–H groups in total. The van der Waals surface area contributed by atoms with E-state index in [1.165, 1.54) is 6.92 Å². The molecule has 5 heteroatoms. The van der Waals surface area contributed by atoms with Crippen molar-refractivity contribution in [2.24, 2.45) is 5.92 Å². The van der Waals surface area contributed by atoms with Crippen molar-refractivity contribution in [1.29, 1.82) is 0 Å². The summed E-state index contributed by atoms with van der Waals surface area (Å²) in [6.45, 7) is 5.53. The molecular weight excluding hydrogens is 290 g/mol. The van der Waals surface area contributed by atoms with Gasteiger partial charge in [-0.1, -0.05) is 26.0 Å². The van der Waals surface area contributed by atoms with Crippen LogP contribution in [0.3, 0.4) is 0 Å². The highest BCUT2D eigenvalue weighted by molar-refractivity contribution is 5.95. The molecule has 1 aromatic heterocycles. The van der Waals surface area contributed by atoms with Crippen molar-refractivity contribution >= 4 is 28.9 Å². The molecule has 120 valence electrons. The molecule has 0 aliphatic carbocycles. The molecule has 5 nitrogen and oxygen atoms in total. The minimum absolute atomic E-state index is 0.0170. The maximum atomic E-state index is 11.7. The molecule has 1 heterocycles. The average Bonchev–Trinajstić information content (AvgIpc) is 2.48. The van der Waals surface area contributed by atoms with Gasteiger partial charge in [-0.3, -0.25) is 9.59 Å². The van der Waals surface area contributed by atoms with Gasteiger partial charge in [0.1, 0.15) is 5.82 Å². The fourth-order valence-electron chi connectivity index (χ4n) is 2.09. The van der Waals surface area contributed by atoms with E-state index in [2.05, 4.69) is 15.6 Å². The smallest absolute Gasteiger partial charge is 0.224 e. The molecule has 0 atom stereocenters. The second kappa shape index (κ2) is 7.54. The molecule has 0 spiro atoms. The van der Waals surface area contributed by atoms with Crippen LogP contribution in [0.15, 0.2) is 42.6 Å². The molecule has 2 aromatic rings. The van der Waals surface area contributed by atoms with E-state index in [9.17, 15) is 9.59 Å². The van der Waals surface area contributed by atoms with Gasteiger partial charge in [-0.15, -0.1) is 0 Å².